The van der Waals surface area contributed by atoms with Gasteiger partial charge in [0.15, 0.2) is 0 Å². The average Bonchev–Trinajstić information content (AvgIpc) is 2.81. The Morgan fingerprint density at radius 1 is 1.00 bits per heavy atom. The van der Waals surface area contributed by atoms with Gasteiger partial charge in [0.05, 0.1) is 18.3 Å². The summed E-state index contributed by atoms with van der Waals surface area (Å²) in [4.78, 5) is 0. The van der Waals surface area contributed by atoms with Crippen LogP contribution in [0.25, 0.3) is 0 Å². The van der Waals surface area contributed by atoms with Crippen LogP contribution < -0.4 is 0 Å². The zero-order valence-electron chi connectivity index (χ0n) is 15.4. The molecule has 4 nitrogen and oxygen atoms in total. The summed E-state index contributed by atoms with van der Waals surface area (Å²) in [6.07, 6.45) is 9.27. The van der Waals surface area contributed by atoms with Crippen LogP contribution in [0, 0.1) is 46.8 Å². The second-order valence-corrected chi connectivity index (χ2v) is 9.88. The molecule has 25 heavy (non-hydrogen) atoms. The molecule has 0 aromatic carbocycles. The van der Waals surface area contributed by atoms with Crippen molar-refractivity contribution in [3.8, 4) is 12.3 Å². The fourth-order valence-electron chi connectivity index (χ4n) is 7.55. The van der Waals surface area contributed by atoms with Crippen LogP contribution in [-0.4, -0.2) is 44.3 Å². The maximum atomic E-state index is 11.2. The molecule has 0 heterocycles. The van der Waals surface area contributed by atoms with Crippen LogP contribution in [-0.2, 0) is 0 Å². The Hall–Kier alpha value is -0.600. The molecule has 0 aliphatic heterocycles. The van der Waals surface area contributed by atoms with E-state index in [-0.39, 0.29) is 35.2 Å². The van der Waals surface area contributed by atoms with E-state index in [1.54, 1.807) is 0 Å². The molecule has 0 bridgehead atoms. The normalized spacial score (nSPS) is 60.9. The lowest BCUT2D eigenvalue weighted by molar-refractivity contribution is -0.221. The Kier molecular flexibility index (Phi) is 3.88. The third-order valence-electron chi connectivity index (χ3n) is 8.98. The van der Waals surface area contributed by atoms with Gasteiger partial charge in [-0.25, -0.2) is 0 Å². The van der Waals surface area contributed by atoms with Gasteiger partial charge >= 0.3 is 0 Å². The van der Waals surface area contributed by atoms with Crippen molar-refractivity contribution in [2.45, 2.75) is 82.7 Å². The van der Waals surface area contributed by atoms with Gasteiger partial charge in [-0.05, 0) is 74.0 Å². The maximum Gasteiger partial charge on any atom is 0.130 e. The average molecular weight is 348 g/mol. The summed E-state index contributed by atoms with van der Waals surface area (Å²) in [6, 6.07) is 0. The third-order valence-corrected chi connectivity index (χ3v) is 8.98. The van der Waals surface area contributed by atoms with Crippen molar-refractivity contribution in [3.05, 3.63) is 0 Å². The number of aliphatic hydroxyl groups is 4. The molecule has 0 radical (unpaired) electrons. The second-order valence-electron chi connectivity index (χ2n) is 9.88. The largest absolute Gasteiger partial charge is 0.393 e. The number of terminal acetylenes is 1. The van der Waals surface area contributed by atoms with Gasteiger partial charge in [0, 0.05) is 5.41 Å². The molecule has 5 unspecified atom stereocenters. The van der Waals surface area contributed by atoms with Crippen molar-refractivity contribution in [3.63, 3.8) is 0 Å². The van der Waals surface area contributed by atoms with Gasteiger partial charge in [0.1, 0.15) is 5.60 Å². The first-order valence-electron chi connectivity index (χ1n) is 9.90. The molecule has 4 rings (SSSR count). The highest BCUT2D eigenvalue weighted by Gasteiger charge is 2.68. The molecule has 4 N–H and O–H groups in total. The first kappa shape index (κ1) is 17.8. The molecule has 0 aromatic heterocycles. The summed E-state index contributed by atoms with van der Waals surface area (Å²) in [5.74, 6) is 3.00. The summed E-state index contributed by atoms with van der Waals surface area (Å²) >= 11 is 0. The number of fused-ring (bicyclic) bond motifs is 5. The van der Waals surface area contributed by atoms with E-state index in [0.29, 0.717) is 19.3 Å². The zero-order valence-corrected chi connectivity index (χ0v) is 15.4. The standard InChI is InChI=1S/C21H32O4/c1-4-21(25)8-6-14-17-15(23)10-12-9-13(22)5-7-19(12,2)18(17)16(24)11-20(14,21)3/h1,12-18,22-25H,5-11H2,2-3H3/t12?,13?,14-,15?,16?,17+,18+,19-,20-,21?/m0/s1. The molecule has 4 aliphatic carbocycles. The highest BCUT2D eigenvalue weighted by Crippen LogP contribution is 2.68. The first-order chi connectivity index (χ1) is 11.7. The lowest BCUT2D eigenvalue weighted by Gasteiger charge is -2.63. The summed E-state index contributed by atoms with van der Waals surface area (Å²) in [6.45, 7) is 4.26. The Balaban J connectivity index is 1.75. The minimum Gasteiger partial charge on any atom is -0.393 e. The molecular weight excluding hydrogens is 316 g/mol. The fraction of sp³-hybridized carbons (Fsp3) is 0.905. The molecule has 4 saturated carbocycles. The molecular formula is C21H32O4. The van der Waals surface area contributed by atoms with Crippen molar-refractivity contribution in [2.75, 3.05) is 0 Å². The van der Waals surface area contributed by atoms with Gasteiger partial charge in [0.2, 0.25) is 0 Å². The molecule has 0 aromatic rings. The van der Waals surface area contributed by atoms with Crippen molar-refractivity contribution < 1.29 is 20.4 Å². The summed E-state index contributed by atoms with van der Waals surface area (Å²) in [5, 5.41) is 43.3. The molecule has 140 valence electrons. The molecule has 4 heteroatoms. The van der Waals surface area contributed by atoms with Crippen LogP contribution in [0.4, 0.5) is 0 Å². The molecule has 4 aliphatic rings. The van der Waals surface area contributed by atoms with Crippen LogP contribution in [0.2, 0.25) is 0 Å². The molecule has 0 spiro atoms. The molecule has 0 amide bonds. The minimum atomic E-state index is -1.19. The van der Waals surface area contributed by atoms with E-state index in [1.807, 2.05) is 6.92 Å². The van der Waals surface area contributed by atoms with Gasteiger partial charge in [-0.1, -0.05) is 19.8 Å². The van der Waals surface area contributed by atoms with Crippen LogP contribution in [0.1, 0.15) is 58.8 Å². The van der Waals surface area contributed by atoms with E-state index in [9.17, 15) is 20.4 Å². The first-order valence-corrected chi connectivity index (χ1v) is 9.90. The van der Waals surface area contributed by atoms with E-state index in [1.165, 1.54) is 0 Å². The van der Waals surface area contributed by atoms with E-state index < -0.39 is 23.2 Å². The Bertz CT molecular complexity index is 599. The number of hydrogen-bond donors (Lipinski definition) is 4. The Labute approximate surface area is 150 Å². The number of hydrogen-bond acceptors (Lipinski definition) is 4. The summed E-state index contributed by atoms with van der Waals surface area (Å²) < 4.78 is 0. The van der Waals surface area contributed by atoms with Crippen LogP contribution in [0.3, 0.4) is 0 Å². The predicted octanol–water partition coefficient (Wildman–Crippen LogP) is 1.70. The quantitative estimate of drug-likeness (QED) is 0.502. The lowest BCUT2D eigenvalue weighted by atomic mass is 9.43. The maximum absolute atomic E-state index is 11.2. The number of aliphatic hydroxyl groups excluding tert-OH is 3. The van der Waals surface area contributed by atoms with Crippen LogP contribution in [0.15, 0.2) is 0 Å². The van der Waals surface area contributed by atoms with E-state index in [4.69, 9.17) is 6.42 Å². The topological polar surface area (TPSA) is 80.9 Å². The molecule has 0 saturated heterocycles. The Morgan fingerprint density at radius 2 is 1.72 bits per heavy atom. The van der Waals surface area contributed by atoms with E-state index in [0.717, 1.165) is 25.7 Å². The van der Waals surface area contributed by atoms with Crippen molar-refractivity contribution >= 4 is 0 Å². The minimum absolute atomic E-state index is 0.0203. The predicted molar refractivity (Wildman–Crippen MR) is 94.3 cm³/mol. The smallest absolute Gasteiger partial charge is 0.130 e. The Morgan fingerprint density at radius 3 is 2.40 bits per heavy atom. The van der Waals surface area contributed by atoms with Crippen LogP contribution in [0.5, 0.6) is 0 Å². The van der Waals surface area contributed by atoms with Gasteiger partial charge in [0.25, 0.3) is 0 Å². The zero-order chi connectivity index (χ0) is 18.2. The van der Waals surface area contributed by atoms with Crippen molar-refractivity contribution in [2.24, 2.45) is 34.5 Å². The lowest BCUT2D eigenvalue weighted by Crippen LogP contribution is -2.64. The SMILES string of the molecule is C#CC1(O)CC[C@H]2[C@@H]3C(O)CC4CC(O)CC[C@]4(C)[C@@H]3C(O)C[C@@]21C. The van der Waals surface area contributed by atoms with Gasteiger partial charge in [-0.3, -0.25) is 0 Å². The number of rotatable bonds is 0. The second kappa shape index (κ2) is 5.45. The van der Waals surface area contributed by atoms with Crippen molar-refractivity contribution in [1.82, 2.24) is 0 Å². The van der Waals surface area contributed by atoms with Crippen LogP contribution >= 0.6 is 0 Å². The highest BCUT2D eigenvalue weighted by molar-refractivity contribution is 5.25. The fourth-order valence-corrected chi connectivity index (χ4v) is 7.55. The van der Waals surface area contributed by atoms with E-state index in [2.05, 4.69) is 12.8 Å². The van der Waals surface area contributed by atoms with Gasteiger partial charge < -0.3 is 20.4 Å². The molecule has 4 fully saturated rings. The summed E-state index contributed by atoms with van der Waals surface area (Å²) in [5.41, 5.74) is -1.79. The summed E-state index contributed by atoms with van der Waals surface area (Å²) in [7, 11) is 0. The van der Waals surface area contributed by atoms with Crippen molar-refractivity contribution in [1.29, 1.82) is 0 Å². The monoisotopic (exact) mass is 348 g/mol. The highest BCUT2D eigenvalue weighted by atomic mass is 16.3. The van der Waals surface area contributed by atoms with Gasteiger partial charge in [-0.15, -0.1) is 6.42 Å². The van der Waals surface area contributed by atoms with E-state index >= 15 is 0 Å². The third kappa shape index (κ3) is 2.16. The molecule has 10 atom stereocenters. The van der Waals surface area contributed by atoms with Gasteiger partial charge in [-0.2, -0.15) is 0 Å².